The highest BCUT2D eigenvalue weighted by atomic mass is 127. The summed E-state index contributed by atoms with van der Waals surface area (Å²) in [7, 11) is 3.20. The van der Waals surface area contributed by atoms with E-state index in [1.165, 1.54) is 0 Å². The van der Waals surface area contributed by atoms with Crippen molar-refractivity contribution in [2.75, 3.05) is 19.5 Å². The van der Waals surface area contributed by atoms with Crippen LogP contribution in [0, 0.1) is 0 Å². The number of aliphatic imine (C=N–C) groups is 1. The number of guanidine groups is 1. The molecule has 6 nitrogen and oxygen atoms in total. The highest BCUT2D eigenvalue weighted by Crippen LogP contribution is 2.33. The first-order chi connectivity index (χ1) is 12.4. The van der Waals surface area contributed by atoms with Gasteiger partial charge in [0, 0.05) is 10.2 Å². The van der Waals surface area contributed by atoms with Crippen molar-refractivity contribution in [3.05, 3.63) is 46.4 Å². The number of ether oxygens (including phenoxy) is 3. The minimum Gasteiger partial charge on any atom is -0.493 e. The van der Waals surface area contributed by atoms with Crippen molar-refractivity contribution in [3.63, 3.8) is 0 Å². The minimum atomic E-state index is 0. The molecule has 3 N–H and O–H groups in total. The summed E-state index contributed by atoms with van der Waals surface area (Å²) >= 11 is 3.52. The molecule has 2 aromatic carbocycles. The lowest BCUT2D eigenvalue weighted by Gasteiger charge is -2.12. The van der Waals surface area contributed by atoms with Crippen molar-refractivity contribution < 1.29 is 14.2 Å². The van der Waals surface area contributed by atoms with Gasteiger partial charge in [0.15, 0.2) is 17.5 Å². The maximum absolute atomic E-state index is 5.99. The third-order valence-corrected chi connectivity index (χ3v) is 4.21. The molecule has 0 aliphatic rings. The summed E-state index contributed by atoms with van der Waals surface area (Å²) in [5, 5.41) is 3.06. The zero-order valence-electron chi connectivity index (χ0n) is 15.8. The molecule has 0 spiro atoms. The SMILES string of the molecule is COc1cc(Br)c(CN=C(N)Nc2ccc(OC(C)C)cc2)cc1OC.I. The van der Waals surface area contributed by atoms with Gasteiger partial charge < -0.3 is 25.3 Å². The lowest BCUT2D eigenvalue weighted by molar-refractivity contribution is 0.242. The van der Waals surface area contributed by atoms with Gasteiger partial charge >= 0.3 is 0 Å². The average Bonchev–Trinajstić information content (AvgIpc) is 2.61. The fourth-order valence-electron chi connectivity index (χ4n) is 2.26. The van der Waals surface area contributed by atoms with E-state index < -0.39 is 0 Å². The van der Waals surface area contributed by atoms with Crippen molar-refractivity contribution in [3.8, 4) is 17.2 Å². The summed E-state index contributed by atoms with van der Waals surface area (Å²) in [5.74, 6) is 2.44. The molecule has 0 fully saturated rings. The molecule has 0 amide bonds. The summed E-state index contributed by atoms with van der Waals surface area (Å²) in [5.41, 5.74) is 7.76. The summed E-state index contributed by atoms with van der Waals surface area (Å²) in [6.07, 6.45) is 0.139. The molecule has 148 valence electrons. The van der Waals surface area contributed by atoms with Gasteiger partial charge in [-0.3, -0.25) is 0 Å². The number of methoxy groups -OCH3 is 2. The molecule has 0 aromatic heterocycles. The Kier molecular flexibility index (Phi) is 9.71. The molecule has 0 unspecified atom stereocenters. The molecule has 27 heavy (non-hydrogen) atoms. The van der Waals surface area contributed by atoms with Crippen LogP contribution in [0.1, 0.15) is 19.4 Å². The number of nitrogens with one attached hydrogen (secondary N) is 1. The first-order valence-corrected chi connectivity index (χ1v) is 8.96. The molecule has 0 heterocycles. The zero-order chi connectivity index (χ0) is 19.1. The van der Waals surface area contributed by atoms with Crippen LogP contribution >= 0.6 is 39.9 Å². The number of rotatable bonds is 7. The highest BCUT2D eigenvalue weighted by molar-refractivity contribution is 14.0. The van der Waals surface area contributed by atoms with Crippen LogP contribution in [-0.2, 0) is 6.54 Å². The second-order valence-corrected chi connectivity index (χ2v) is 6.67. The van der Waals surface area contributed by atoms with Gasteiger partial charge in [-0.2, -0.15) is 0 Å². The van der Waals surface area contributed by atoms with Crippen LogP contribution in [0.2, 0.25) is 0 Å². The summed E-state index contributed by atoms with van der Waals surface area (Å²) < 4.78 is 17.1. The quantitative estimate of drug-likeness (QED) is 0.295. The number of nitrogens with two attached hydrogens (primary N) is 1. The molecule has 0 aliphatic carbocycles. The monoisotopic (exact) mass is 549 g/mol. The number of halogens is 2. The Bertz CT molecular complexity index is 768. The molecule has 2 rings (SSSR count). The van der Waals surface area contributed by atoms with E-state index in [1.54, 1.807) is 14.2 Å². The Morgan fingerprint density at radius 1 is 1.11 bits per heavy atom. The largest absolute Gasteiger partial charge is 0.493 e. The Labute approximate surface area is 185 Å². The van der Waals surface area contributed by atoms with Gasteiger partial charge in [0.25, 0.3) is 0 Å². The van der Waals surface area contributed by atoms with Crippen LogP contribution in [-0.4, -0.2) is 26.3 Å². The Balaban J connectivity index is 0.00000364. The minimum absolute atomic E-state index is 0. The number of benzene rings is 2. The zero-order valence-corrected chi connectivity index (χ0v) is 19.7. The van der Waals surface area contributed by atoms with Crippen LogP contribution in [0.5, 0.6) is 17.2 Å². The Hall–Kier alpha value is -1.68. The predicted molar refractivity (Wildman–Crippen MR) is 124 cm³/mol. The van der Waals surface area contributed by atoms with E-state index in [0.29, 0.717) is 24.0 Å². The van der Waals surface area contributed by atoms with Crippen molar-refractivity contribution in [2.45, 2.75) is 26.5 Å². The third-order valence-electron chi connectivity index (χ3n) is 3.47. The molecule has 8 heteroatoms. The number of anilines is 1. The second kappa shape index (κ2) is 11.2. The van der Waals surface area contributed by atoms with Gasteiger partial charge in [-0.25, -0.2) is 4.99 Å². The lowest BCUT2D eigenvalue weighted by atomic mass is 10.2. The van der Waals surface area contributed by atoms with Gasteiger partial charge in [-0.15, -0.1) is 24.0 Å². The Morgan fingerprint density at radius 3 is 2.26 bits per heavy atom. The van der Waals surface area contributed by atoms with E-state index in [2.05, 4.69) is 26.2 Å². The fraction of sp³-hybridized carbons (Fsp3) is 0.316. The molecule has 0 saturated carbocycles. The third kappa shape index (κ3) is 7.10. The maximum atomic E-state index is 5.99. The molecular weight excluding hydrogens is 525 g/mol. The second-order valence-electron chi connectivity index (χ2n) is 5.82. The van der Waals surface area contributed by atoms with Crippen LogP contribution < -0.4 is 25.3 Å². The summed E-state index contributed by atoms with van der Waals surface area (Å²) in [6.45, 7) is 4.38. The van der Waals surface area contributed by atoms with Crippen molar-refractivity contribution in [2.24, 2.45) is 10.7 Å². The summed E-state index contributed by atoms with van der Waals surface area (Å²) in [6, 6.07) is 11.3. The standard InChI is InChI=1S/C19H24BrN3O3.HI/c1-12(2)26-15-7-5-14(6-8-15)23-19(21)22-11-13-9-17(24-3)18(25-4)10-16(13)20;/h5-10,12H,11H2,1-4H3,(H3,21,22,23);1H. The fourth-order valence-corrected chi connectivity index (χ4v) is 2.71. The van der Waals surface area contributed by atoms with Gasteiger partial charge in [0.05, 0.1) is 26.9 Å². The number of nitrogens with zero attached hydrogens (tertiary/aromatic N) is 1. The van der Waals surface area contributed by atoms with Gasteiger partial charge in [0.1, 0.15) is 5.75 Å². The molecular formula is C19H25BrIN3O3. The van der Waals surface area contributed by atoms with E-state index in [0.717, 1.165) is 21.5 Å². The van der Waals surface area contributed by atoms with Crippen LogP contribution in [0.4, 0.5) is 5.69 Å². The van der Waals surface area contributed by atoms with Gasteiger partial charge in [-0.05, 0) is 55.8 Å². The predicted octanol–water partition coefficient (Wildman–Crippen LogP) is 4.80. The van der Waals surface area contributed by atoms with Gasteiger partial charge in [-0.1, -0.05) is 15.9 Å². The van der Waals surface area contributed by atoms with Crippen LogP contribution in [0.15, 0.2) is 45.9 Å². The van der Waals surface area contributed by atoms with E-state index in [1.807, 2.05) is 50.2 Å². The lowest BCUT2D eigenvalue weighted by Crippen LogP contribution is -2.22. The highest BCUT2D eigenvalue weighted by Gasteiger charge is 2.09. The molecule has 0 bridgehead atoms. The van der Waals surface area contributed by atoms with E-state index in [4.69, 9.17) is 19.9 Å². The molecule has 0 aliphatic heterocycles. The maximum Gasteiger partial charge on any atom is 0.193 e. The summed E-state index contributed by atoms with van der Waals surface area (Å²) in [4.78, 5) is 4.38. The molecule has 2 aromatic rings. The topological polar surface area (TPSA) is 78.1 Å². The molecule has 0 atom stereocenters. The smallest absolute Gasteiger partial charge is 0.193 e. The van der Waals surface area contributed by atoms with E-state index >= 15 is 0 Å². The van der Waals surface area contributed by atoms with Crippen LogP contribution in [0.3, 0.4) is 0 Å². The van der Waals surface area contributed by atoms with Gasteiger partial charge in [0.2, 0.25) is 0 Å². The van der Waals surface area contributed by atoms with Crippen LogP contribution in [0.25, 0.3) is 0 Å². The number of hydrogen-bond acceptors (Lipinski definition) is 4. The van der Waals surface area contributed by atoms with Crippen molar-refractivity contribution in [1.82, 2.24) is 0 Å². The normalized spacial score (nSPS) is 11.0. The van der Waals surface area contributed by atoms with E-state index in [-0.39, 0.29) is 30.1 Å². The van der Waals surface area contributed by atoms with E-state index in [9.17, 15) is 0 Å². The van der Waals surface area contributed by atoms with Crippen molar-refractivity contribution in [1.29, 1.82) is 0 Å². The first-order valence-electron chi connectivity index (χ1n) is 8.17. The average molecular weight is 550 g/mol. The molecule has 0 saturated heterocycles. The Morgan fingerprint density at radius 2 is 1.70 bits per heavy atom. The molecule has 0 radical (unpaired) electrons. The van der Waals surface area contributed by atoms with Crippen molar-refractivity contribution >= 4 is 51.6 Å². The number of hydrogen-bond donors (Lipinski definition) is 2. The first kappa shape index (κ1) is 23.4.